The number of hydrogen-bond acceptors (Lipinski definition) is 2. The van der Waals surface area contributed by atoms with Crippen LogP contribution in [-0.2, 0) is 12.6 Å². The number of aromatic nitrogens is 1. The first-order valence-corrected chi connectivity index (χ1v) is 5.67. The Balaban J connectivity index is 2.30. The van der Waals surface area contributed by atoms with Crippen molar-refractivity contribution in [3.63, 3.8) is 0 Å². The second kappa shape index (κ2) is 5.40. The molecule has 0 N–H and O–H groups in total. The molecule has 1 aromatic heterocycles. The summed E-state index contributed by atoms with van der Waals surface area (Å²) in [6.07, 6.45) is -1.89. The highest BCUT2D eigenvalue weighted by Crippen LogP contribution is 2.30. The number of hydrogen-bond donors (Lipinski definition) is 0. The van der Waals surface area contributed by atoms with Gasteiger partial charge in [-0.2, -0.15) is 13.2 Å². The maximum atomic E-state index is 13.5. The maximum absolute atomic E-state index is 13.5. The smallest absolute Gasteiger partial charge is 0.294 e. The highest BCUT2D eigenvalue weighted by molar-refractivity contribution is 5.97. The molecule has 1 aromatic carbocycles. The highest BCUT2D eigenvalue weighted by atomic mass is 19.4. The van der Waals surface area contributed by atoms with E-state index in [4.69, 9.17) is 0 Å². The van der Waals surface area contributed by atoms with E-state index in [9.17, 15) is 22.4 Å². The van der Waals surface area contributed by atoms with Crippen LogP contribution in [0, 0.1) is 5.82 Å². The molecule has 2 rings (SSSR count). The Kier molecular flexibility index (Phi) is 3.83. The van der Waals surface area contributed by atoms with E-state index < -0.39 is 28.9 Å². The van der Waals surface area contributed by atoms with E-state index in [-0.39, 0.29) is 6.42 Å². The van der Waals surface area contributed by atoms with Gasteiger partial charge >= 0.3 is 6.18 Å². The van der Waals surface area contributed by atoms with Crippen LogP contribution >= 0.6 is 0 Å². The van der Waals surface area contributed by atoms with Gasteiger partial charge in [-0.05, 0) is 35.9 Å². The topological polar surface area (TPSA) is 30.0 Å². The number of carbonyl (C=O) groups is 1. The molecule has 0 saturated carbocycles. The summed E-state index contributed by atoms with van der Waals surface area (Å²) < 4.78 is 51.2. The predicted molar refractivity (Wildman–Crippen MR) is 63.7 cm³/mol. The number of benzene rings is 1. The summed E-state index contributed by atoms with van der Waals surface area (Å²) in [4.78, 5) is 15.6. The number of carbonyl (C=O) groups excluding carboxylic acids is 1. The lowest BCUT2D eigenvalue weighted by molar-refractivity contribution is -0.137. The Hall–Kier alpha value is -2.24. The number of alkyl halides is 3. The Morgan fingerprint density at radius 3 is 2.35 bits per heavy atom. The summed E-state index contributed by atoms with van der Waals surface area (Å²) in [6.45, 7) is 0. The Bertz CT molecular complexity index is 623. The fourth-order valence-corrected chi connectivity index (χ4v) is 1.70. The average Bonchev–Trinajstić information content (AvgIpc) is 2.39. The number of ketones is 1. The van der Waals surface area contributed by atoms with Crippen molar-refractivity contribution < 1.29 is 22.4 Å². The molecule has 0 saturated heterocycles. The van der Waals surface area contributed by atoms with Crippen LogP contribution < -0.4 is 0 Å². The van der Waals surface area contributed by atoms with Crippen molar-refractivity contribution in [1.82, 2.24) is 4.98 Å². The third-order valence-electron chi connectivity index (χ3n) is 2.71. The molecule has 0 aliphatic heterocycles. The zero-order chi connectivity index (χ0) is 14.8. The number of rotatable bonds is 3. The van der Waals surface area contributed by atoms with Crippen molar-refractivity contribution >= 4 is 5.78 Å². The van der Waals surface area contributed by atoms with Gasteiger partial charge in [0.05, 0.1) is 11.1 Å². The van der Waals surface area contributed by atoms with Crippen LogP contribution in [0.1, 0.15) is 21.5 Å². The molecule has 2 nitrogen and oxygen atoms in total. The zero-order valence-electron chi connectivity index (χ0n) is 10.1. The number of pyridine rings is 1. The summed E-state index contributed by atoms with van der Waals surface area (Å²) in [7, 11) is 0. The van der Waals surface area contributed by atoms with Gasteiger partial charge < -0.3 is 0 Å². The van der Waals surface area contributed by atoms with Gasteiger partial charge in [0, 0.05) is 18.8 Å². The highest BCUT2D eigenvalue weighted by Gasteiger charge is 2.31. The molecule has 0 unspecified atom stereocenters. The zero-order valence-corrected chi connectivity index (χ0v) is 10.1. The van der Waals surface area contributed by atoms with Gasteiger partial charge in [-0.15, -0.1) is 0 Å². The first-order chi connectivity index (χ1) is 9.38. The number of nitrogens with zero attached hydrogens (tertiary/aromatic N) is 1. The molecule has 0 fully saturated rings. The molecule has 20 heavy (non-hydrogen) atoms. The van der Waals surface area contributed by atoms with Crippen LogP contribution in [0.4, 0.5) is 17.6 Å². The van der Waals surface area contributed by atoms with Gasteiger partial charge in [-0.1, -0.05) is 0 Å². The Labute approximate surface area is 112 Å². The molecule has 0 aliphatic rings. The van der Waals surface area contributed by atoms with Crippen LogP contribution in [0.2, 0.25) is 0 Å². The largest absolute Gasteiger partial charge is 0.416 e. The summed E-state index contributed by atoms with van der Waals surface area (Å²) in [5.41, 5.74) is -1.05. The van der Waals surface area contributed by atoms with E-state index in [1.165, 1.54) is 12.4 Å². The summed E-state index contributed by atoms with van der Waals surface area (Å²) in [6, 6.07) is 4.90. The van der Waals surface area contributed by atoms with E-state index in [2.05, 4.69) is 4.98 Å². The monoisotopic (exact) mass is 283 g/mol. The molecule has 0 bridgehead atoms. The lowest BCUT2D eigenvalue weighted by Gasteiger charge is -2.09. The lowest BCUT2D eigenvalue weighted by Crippen LogP contribution is -2.11. The van der Waals surface area contributed by atoms with Crippen molar-refractivity contribution in [2.75, 3.05) is 0 Å². The second-order valence-electron chi connectivity index (χ2n) is 4.15. The van der Waals surface area contributed by atoms with Crippen LogP contribution in [-0.4, -0.2) is 10.8 Å². The number of halogens is 4. The van der Waals surface area contributed by atoms with Gasteiger partial charge in [-0.25, -0.2) is 4.39 Å². The molecule has 0 aliphatic carbocycles. The Morgan fingerprint density at radius 2 is 1.75 bits per heavy atom. The standard InChI is InChI=1S/C14H9F4NO/c15-12-2-1-10(14(16,17)18)8-11(12)13(20)7-9-3-5-19-6-4-9/h1-6,8H,7H2. The summed E-state index contributed by atoms with van der Waals surface area (Å²) in [5.74, 6) is -1.67. The minimum Gasteiger partial charge on any atom is -0.294 e. The summed E-state index contributed by atoms with van der Waals surface area (Å²) in [5, 5.41) is 0. The van der Waals surface area contributed by atoms with Crippen molar-refractivity contribution in [3.05, 3.63) is 65.2 Å². The van der Waals surface area contributed by atoms with E-state index in [1.807, 2.05) is 0 Å². The molecular formula is C14H9F4NO. The average molecular weight is 283 g/mol. The van der Waals surface area contributed by atoms with Crippen LogP contribution in [0.5, 0.6) is 0 Å². The first kappa shape index (κ1) is 14.2. The van der Waals surface area contributed by atoms with Crippen LogP contribution in [0.3, 0.4) is 0 Å². The third-order valence-corrected chi connectivity index (χ3v) is 2.71. The van der Waals surface area contributed by atoms with Gasteiger partial charge in [0.2, 0.25) is 0 Å². The van der Waals surface area contributed by atoms with Gasteiger partial charge in [0.15, 0.2) is 5.78 Å². The molecule has 2 aromatic rings. The molecule has 0 radical (unpaired) electrons. The van der Waals surface area contributed by atoms with E-state index in [1.54, 1.807) is 12.1 Å². The van der Waals surface area contributed by atoms with Crippen molar-refractivity contribution in [1.29, 1.82) is 0 Å². The van der Waals surface area contributed by atoms with Gasteiger partial charge in [0.1, 0.15) is 5.82 Å². The predicted octanol–water partition coefficient (Wildman–Crippen LogP) is 3.66. The quantitative estimate of drug-likeness (QED) is 0.635. The molecule has 0 amide bonds. The minimum atomic E-state index is -4.61. The van der Waals surface area contributed by atoms with Crippen LogP contribution in [0.15, 0.2) is 42.7 Å². The fourth-order valence-electron chi connectivity index (χ4n) is 1.70. The third kappa shape index (κ3) is 3.20. The van der Waals surface area contributed by atoms with Gasteiger partial charge in [0.25, 0.3) is 0 Å². The van der Waals surface area contributed by atoms with Crippen molar-refractivity contribution in [2.24, 2.45) is 0 Å². The molecule has 1 heterocycles. The van der Waals surface area contributed by atoms with E-state index in [0.29, 0.717) is 23.8 Å². The van der Waals surface area contributed by atoms with Crippen molar-refractivity contribution in [3.8, 4) is 0 Å². The molecule has 0 spiro atoms. The minimum absolute atomic E-state index is 0.180. The molecule has 0 atom stereocenters. The maximum Gasteiger partial charge on any atom is 0.416 e. The molecular weight excluding hydrogens is 274 g/mol. The summed E-state index contributed by atoms with van der Waals surface area (Å²) >= 11 is 0. The van der Waals surface area contributed by atoms with Crippen molar-refractivity contribution in [2.45, 2.75) is 12.6 Å². The SMILES string of the molecule is O=C(Cc1ccncc1)c1cc(C(F)(F)F)ccc1F. The van der Waals surface area contributed by atoms with E-state index >= 15 is 0 Å². The van der Waals surface area contributed by atoms with Gasteiger partial charge in [-0.3, -0.25) is 9.78 Å². The fraction of sp³-hybridized carbons (Fsp3) is 0.143. The Morgan fingerprint density at radius 1 is 1.10 bits per heavy atom. The lowest BCUT2D eigenvalue weighted by atomic mass is 10.0. The number of Topliss-reactive ketones (excluding diaryl/α,β-unsaturated/α-hetero) is 1. The van der Waals surface area contributed by atoms with E-state index in [0.717, 1.165) is 0 Å². The first-order valence-electron chi connectivity index (χ1n) is 5.67. The molecule has 104 valence electrons. The second-order valence-corrected chi connectivity index (χ2v) is 4.15. The van der Waals surface area contributed by atoms with Crippen LogP contribution in [0.25, 0.3) is 0 Å². The normalized spacial score (nSPS) is 11.4. The molecule has 6 heteroatoms.